The molecule has 0 bridgehead atoms. The van der Waals surface area contributed by atoms with Crippen molar-refractivity contribution in [3.8, 4) is 0 Å². The lowest BCUT2D eigenvalue weighted by molar-refractivity contribution is -0.155. The largest absolute Gasteiger partial charge is 0.481 e. The molecule has 2 aromatic heterocycles. The molecule has 27 heavy (non-hydrogen) atoms. The lowest BCUT2D eigenvalue weighted by atomic mass is 9.61. The van der Waals surface area contributed by atoms with Crippen molar-refractivity contribution in [1.29, 1.82) is 0 Å². The number of thiazole rings is 1. The Bertz CT molecular complexity index is 959. The van der Waals surface area contributed by atoms with Crippen molar-refractivity contribution in [2.24, 2.45) is 11.3 Å². The molecule has 1 N–H and O–H groups in total. The maximum Gasteiger partial charge on any atom is 0.310 e. The van der Waals surface area contributed by atoms with Gasteiger partial charge in [-0.05, 0) is 36.1 Å². The molecule has 4 rings (SSSR count). The number of fused-ring (bicyclic) bond motifs is 1. The summed E-state index contributed by atoms with van der Waals surface area (Å²) >= 11 is 1.59. The van der Waals surface area contributed by atoms with Gasteiger partial charge in [0.15, 0.2) is 0 Å². The molecule has 0 spiro atoms. The minimum Gasteiger partial charge on any atom is -0.481 e. The van der Waals surface area contributed by atoms with Crippen LogP contribution in [0.2, 0.25) is 0 Å². The Hall–Kier alpha value is -2.54. The van der Waals surface area contributed by atoms with Gasteiger partial charge in [0.25, 0.3) is 0 Å². The van der Waals surface area contributed by atoms with Crippen LogP contribution in [-0.2, 0) is 4.79 Å². The first-order chi connectivity index (χ1) is 13.0. The van der Waals surface area contributed by atoms with Crippen LogP contribution in [-0.4, -0.2) is 39.1 Å². The Morgan fingerprint density at radius 1 is 1.30 bits per heavy atom. The molecule has 1 saturated heterocycles. The number of carboxylic acid groups (broad SMARTS) is 1. The van der Waals surface area contributed by atoms with Gasteiger partial charge in [0.1, 0.15) is 0 Å². The summed E-state index contributed by atoms with van der Waals surface area (Å²) in [7, 11) is 0. The quantitative estimate of drug-likeness (QED) is 0.739. The third kappa shape index (κ3) is 2.96. The van der Waals surface area contributed by atoms with E-state index in [-0.39, 0.29) is 11.8 Å². The maximum atomic E-state index is 12.5. The fourth-order valence-electron chi connectivity index (χ4n) is 4.29. The zero-order valence-electron chi connectivity index (χ0n) is 15.4. The van der Waals surface area contributed by atoms with Crippen molar-refractivity contribution in [2.45, 2.75) is 26.2 Å². The third-order valence-corrected chi connectivity index (χ3v) is 6.65. The van der Waals surface area contributed by atoms with Crippen LogP contribution in [0.15, 0.2) is 42.2 Å². The number of anilines is 1. The Kier molecular flexibility index (Phi) is 4.55. The van der Waals surface area contributed by atoms with Crippen molar-refractivity contribution >= 4 is 33.5 Å². The number of aliphatic carboxylic acids is 1. The fourth-order valence-corrected chi connectivity index (χ4v) is 4.95. The number of hydrogen-bond donors (Lipinski definition) is 1. The summed E-state index contributed by atoms with van der Waals surface area (Å²) in [5, 5.41) is 10.3. The van der Waals surface area contributed by atoms with E-state index in [1.807, 2.05) is 31.5 Å². The molecule has 2 atom stereocenters. The van der Waals surface area contributed by atoms with Gasteiger partial charge in [0.05, 0.1) is 21.1 Å². The first kappa shape index (κ1) is 17.9. The number of carboxylic acids is 1. The van der Waals surface area contributed by atoms with E-state index in [4.69, 9.17) is 0 Å². The van der Waals surface area contributed by atoms with Gasteiger partial charge in [-0.3, -0.25) is 4.79 Å². The molecular formula is C20H22N4O2S. The van der Waals surface area contributed by atoms with E-state index in [0.29, 0.717) is 25.5 Å². The first-order valence-electron chi connectivity index (χ1n) is 9.11. The molecule has 1 fully saturated rings. The van der Waals surface area contributed by atoms with E-state index in [2.05, 4.69) is 25.9 Å². The van der Waals surface area contributed by atoms with Gasteiger partial charge in [0.2, 0.25) is 5.95 Å². The molecular weight excluding hydrogens is 360 g/mol. The molecule has 3 heterocycles. The summed E-state index contributed by atoms with van der Waals surface area (Å²) in [6.07, 6.45) is 4.00. The summed E-state index contributed by atoms with van der Waals surface area (Å²) in [5.41, 5.74) is 2.94. The van der Waals surface area contributed by atoms with Crippen LogP contribution < -0.4 is 4.90 Å². The van der Waals surface area contributed by atoms with Crippen LogP contribution in [0.1, 0.15) is 31.7 Å². The van der Waals surface area contributed by atoms with Gasteiger partial charge in [-0.2, -0.15) is 0 Å². The monoisotopic (exact) mass is 382 g/mol. The molecule has 0 saturated carbocycles. The van der Waals surface area contributed by atoms with Crippen LogP contribution in [0.4, 0.5) is 5.95 Å². The number of hydrogen-bond acceptors (Lipinski definition) is 6. The number of carbonyl (C=O) groups is 1. The van der Waals surface area contributed by atoms with Gasteiger partial charge in [-0.15, -0.1) is 11.3 Å². The van der Waals surface area contributed by atoms with E-state index in [1.54, 1.807) is 29.8 Å². The second-order valence-corrected chi connectivity index (χ2v) is 8.26. The second-order valence-electron chi connectivity index (χ2n) is 7.38. The van der Waals surface area contributed by atoms with E-state index in [9.17, 15) is 9.90 Å². The molecule has 6 nitrogen and oxygen atoms in total. The molecule has 1 aliphatic rings. The Morgan fingerprint density at radius 3 is 2.78 bits per heavy atom. The summed E-state index contributed by atoms with van der Waals surface area (Å²) in [6.45, 7) is 5.22. The van der Waals surface area contributed by atoms with E-state index < -0.39 is 11.4 Å². The lowest BCUT2D eigenvalue weighted by Crippen LogP contribution is -2.53. The highest BCUT2D eigenvalue weighted by atomic mass is 32.1. The van der Waals surface area contributed by atoms with Gasteiger partial charge in [-0.1, -0.05) is 19.9 Å². The summed E-state index contributed by atoms with van der Waals surface area (Å²) < 4.78 is 1.11. The highest BCUT2D eigenvalue weighted by Gasteiger charge is 2.52. The Balaban J connectivity index is 1.80. The van der Waals surface area contributed by atoms with E-state index in [1.165, 1.54) is 0 Å². The molecule has 7 heteroatoms. The fraction of sp³-hybridized carbons (Fsp3) is 0.400. The molecule has 1 aliphatic heterocycles. The second kappa shape index (κ2) is 6.88. The van der Waals surface area contributed by atoms with Crippen molar-refractivity contribution < 1.29 is 9.90 Å². The molecule has 0 amide bonds. The molecule has 3 aromatic rings. The number of piperidine rings is 1. The van der Waals surface area contributed by atoms with Gasteiger partial charge < -0.3 is 10.0 Å². The van der Waals surface area contributed by atoms with E-state index in [0.717, 1.165) is 15.8 Å². The molecule has 2 unspecified atom stereocenters. The highest BCUT2D eigenvalue weighted by Crippen LogP contribution is 2.49. The van der Waals surface area contributed by atoms with E-state index >= 15 is 0 Å². The lowest BCUT2D eigenvalue weighted by Gasteiger charge is -2.47. The van der Waals surface area contributed by atoms with Crippen LogP contribution in [0.25, 0.3) is 10.2 Å². The molecule has 0 radical (unpaired) electrons. The standard InChI is InChI=1S/C20H22N4O2S/c1-13(2)20(18(25)26)6-9-24(19-21-7-3-8-22-19)11-15(20)14-4-5-17-16(10-14)23-12-27-17/h3-5,7-8,10,12-13,15H,6,9,11H2,1-2H3,(H,25,26). The number of benzene rings is 1. The minimum absolute atomic E-state index is 0.00460. The maximum absolute atomic E-state index is 12.5. The van der Waals surface area contributed by atoms with Crippen LogP contribution in [0.3, 0.4) is 0 Å². The highest BCUT2D eigenvalue weighted by molar-refractivity contribution is 7.16. The van der Waals surface area contributed by atoms with Crippen LogP contribution in [0.5, 0.6) is 0 Å². The number of rotatable bonds is 4. The van der Waals surface area contributed by atoms with Crippen molar-refractivity contribution in [3.63, 3.8) is 0 Å². The predicted molar refractivity (Wildman–Crippen MR) is 106 cm³/mol. The average Bonchev–Trinajstić information content (AvgIpc) is 3.15. The first-order valence-corrected chi connectivity index (χ1v) is 9.99. The summed E-state index contributed by atoms with van der Waals surface area (Å²) in [6, 6.07) is 7.94. The van der Waals surface area contributed by atoms with Gasteiger partial charge in [0, 0.05) is 31.4 Å². The third-order valence-electron chi connectivity index (χ3n) is 5.84. The van der Waals surface area contributed by atoms with Gasteiger partial charge >= 0.3 is 5.97 Å². The zero-order valence-corrected chi connectivity index (χ0v) is 16.2. The van der Waals surface area contributed by atoms with Crippen LogP contribution in [0, 0.1) is 11.3 Å². The van der Waals surface area contributed by atoms with Crippen molar-refractivity contribution in [1.82, 2.24) is 15.0 Å². The smallest absolute Gasteiger partial charge is 0.310 e. The zero-order chi connectivity index (χ0) is 19.0. The summed E-state index contributed by atoms with van der Waals surface area (Å²) in [5.74, 6) is -0.238. The minimum atomic E-state index is -0.824. The normalized spacial score (nSPS) is 23.1. The molecule has 140 valence electrons. The topological polar surface area (TPSA) is 79.2 Å². The SMILES string of the molecule is CC(C)C1(C(=O)O)CCN(c2ncccn2)CC1c1ccc2scnc2c1. The number of nitrogens with zero attached hydrogens (tertiary/aromatic N) is 4. The Morgan fingerprint density at radius 2 is 2.07 bits per heavy atom. The van der Waals surface area contributed by atoms with Crippen molar-refractivity contribution in [3.05, 3.63) is 47.7 Å². The average molecular weight is 382 g/mol. The Labute approximate surface area is 161 Å². The predicted octanol–water partition coefficient (Wildman–Crippen LogP) is 3.81. The number of aromatic nitrogens is 3. The van der Waals surface area contributed by atoms with Crippen LogP contribution >= 0.6 is 11.3 Å². The summed E-state index contributed by atoms with van der Waals surface area (Å²) in [4.78, 5) is 27.7. The van der Waals surface area contributed by atoms with Gasteiger partial charge in [-0.25, -0.2) is 15.0 Å². The van der Waals surface area contributed by atoms with Crippen molar-refractivity contribution in [2.75, 3.05) is 18.0 Å². The molecule has 0 aliphatic carbocycles. The molecule has 1 aromatic carbocycles.